The minimum absolute atomic E-state index is 0.233. The Morgan fingerprint density at radius 2 is 0.703 bits per heavy atom. The van der Waals surface area contributed by atoms with Crippen LogP contribution in [0.15, 0.2) is 48.6 Å². The van der Waals surface area contributed by atoms with Crippen LogP contribution in [0, 0.1) is 0 Å². The summed E-state index contributed by atoms with van der Waals surface area (Å²) >= 11 is 0. The SMILES string of the molecule is CCCCCCCCCC/C=C\CCCCCCCCCCCCCCCCCC(=O)NC(COC1OC(CO)C(OC2OC(CO)C(OC3OC(CO)C(O)C(O)C3O)C(O)C2O)C(O)C1O)C(O)/C=C/CC/C=C/CC/C=C/CCCCCCCCCCC. The molecule has 532 valence electrons. The molecule has 0 aromatic carbocycles. The van der Waals surface area contributed by atoms with E-state index in [1.54, 1.807) is 6.08 Å². The van der Waals surface area contributed by atoms with Gasteiger partial charge in [-0.1, -0.05) is 242 Å². The molecule has 3 saturated heterocycles. The first-order valence-electron chi connectivity index (χ1n) is 36.4. The van der Waals surface area contributed by atoms with Crippen LogP contribution in [0.1, 0.15) is 271 Å². The fourth-order valence-corrected chi connectivity index (χ4v) is 12.2. The fourth-order valence-electron chi connectivity index (χ4n) is 12.2. The summed E-state index contributed by atoms with van der Waals surface area (Å²) in [6.07, 6.45) is 38.1. The minimum Gasteiger partial charge on any atom is -0.394 e. The molecule has 0 radical (unpaired) electrons. The van der Waals surface area contributed by atoms with E-state index in [1.807, 2.05) is 6.08 Å². The summed E-state index contributed by atoms with van der Waals surface area (Å²) in [5.41, 5.74) is 0. The Morgan fingerprint density at radius 3 is 1.10 bits per heavy atom. The number of allylic oxidation sites excluding steroid dienone is 7. The van der Waals surface area contributed by atoms with Gasteiger partial charge in [-0.15, -0.1) is 0 Å². The van der Waals surface area contributed by atoms with Gasteiger partial charge in [0, 0.05) is 6.42 Å². The van der Waals surface area contributed by atoms with E-state index in [4.69, 9.17) is 28.4 Å². The highest BCUT2D eigenvalue weighted by Crippen LogP contribution is 2.33. The average molecular weight is 1300 g/mol. The standard InChI is InChI=1S/C72H131NO18/c1-3-5-7-9-11-13-15-17-19-21-23-24-25-26-27-28-29-30-32-34-36-38-40-42-44-46-48-50-60(78)73-55(56(77)49-47-45-43-41-39-37-35-33-31-22-20-18-16-14-12-10-8-6-4-2)54-86-70-66(84)63(81)68(58(52-75)88-70)91-72-67(85)64(82)69(59(53-76)89-72)90-71-65(83)62(80)61(79)57(51-74)87-71/h21,23,31,33,39,41,47,49,55-59,61-72,74-77,79-85H,3-20,22,24-30,32,34-38,40,42-46,48,50-54H2,1-2H3,(H,73,78)/b23-21-,33-31+,41-39+,49-47+. The fraction of sp³-hybridized carbons (Fsp3) is 0.875. The van der Waals surface area contributed by atoms with Crippen LogP contribution < -0.4 is 5.32 Å². The van der Waals surface area contributed by atoms with Crippen molar-refractivity contribution < 1.29 is 89.4 Å². The van der Waals surface area contributed by atoms with Crippen molar-refractivity contribution in [1.82, 2.24) is 5.32 Å². The molecule has 3 heterocycles. The largest absolute Gasteiger partial charge is 0.394 e. The van der Waals surface area contributed by atoms with E-state index in [0.29, 0.717) is 12.8 Å². The average Bonchev–Trinajstić information content (AvgIpc) is 0.885. The number of hydrogen-bond donors (Lipinski definition) is 12. The molecule has 0 spiro atoms. The number of unbranched alkanes of at least 4 members (excludes halogenated alkanes) is 34. The molecule has 17 atom stereocenters. The van der Waals surface area contributed by atoms with Crippen LogP contribution in [0.25, 0.3) is 0 Å². The van der Waals surface area contributed by atoms with Gasteiger partial charge < -0.3 is 89.9 Å². The van der Waals surface area contributed by atoms with Crippen LogP contribution in [0.4, 0.5) is 0 Å². The molecular formula is C72H131NO18. The normalized spacial score (nSPS) is 28.1. The Hall–Kier alpha value is -2.25. The van der Waals surface area contributed by atoms with E-state index in [1.165, 1.54) is 193 Å². The van der Waals surface area contributed by atoms with E-state index in [2.05, 4.69) is 55.6 Å². The highest BCUT2D eigenvalue weighted by atomic mass is 16.8. The molecule has 3 aliphatic rings. The van der Waals surface area contributed by atoms with Crippen molar-refractivity contribution in [1.29, 1.82) is 0 Å². The zero-order chi connectivity index (χ0) is 66.1. The van der Waals surface area contributed by atoms with Crippen LogP contribution in [0.5, 0.6) is 0 Å². The molecule has 91 heavy (non-hydrogen) atoms. The number of hydrogen-bond acceptors (Lipinski definition) is 18. The van der Waals surface area contributed by atoms with Gasteiger partial charge in [0.15, 0.2) is 18.9 Å². The molecule has 19 heteroatoms. The molecule has 19 nitrogen and oxygen atoms in total. The second-order valence-electron chi connectivity index (χ2n) is 26.0. The topological polar surface area (TPSA) is 307 Å². The summed E-state index contributed by atoms with van der Waals surface area (Å²) in [6, 6.07) is -0.997. The van der Waals surface area contributed by atoms with Gasteiger partial charge in [-0.05, 0) is 70.6 Å². The Kier molecular flexibility index (Phi) is 49.1. The van der Waals surface area contributed by atoms with Gasteiger partial charge in [-0.25, -0.2) is 0 Å². The van der Waals surface area contributed by atoms with Crippen molar-refractivity contribution in [2.45, 2.75) is 375 Å². The lowest BCUT2D eigenvalue weighted by atomic mass is 9.96. The summed E-state index contributed by atoms with van der Waals surface area (Å²) < 4.78 is 34.3. The molecule has 0 aromatic rings. The summed E-state index contributed by atoms with van der Waals surface area (Å²) in [5, 5.41) is 121. The predicted molar refractivity (Wildman–Crippen MR) is 356 cm³/mol. The van der Waals surface area contributed by atoms with Crippen molar-refractivity contribution in [3.63, 3.8) is 0 Å². The predicted octanol–water partition coefficient (Wildman–Crippen LogP) is 10.2. The third-order valence-corrected chi connectivity index (χ3v) is 18.1. The number of rotatable bonds is 56. The van der Waals surface area contributed by atoms with Gasteiger partial charge in [0.25, 0.3) is 0 Å². The summed E-state index contributed by atoms with van der Waals surface area (Å²) in [7, 11) is 0. The summed E-state index contributed by atoms with van der Waals surface area (Å²) in [6.45, 7) is 1.72. The van der Waals surface area contributed by atoms with Gasteiger partial charge in [0.1, 0.15) is 73.2 Å². The van der Waals surface area contributed by atoms with E-state index in [-0.39, 0.29) is 18.9 Å². The minimum atomic E-state index is -1.98. The van der Waals surface area contributed by atoms with E-state index in [9.17, 15) is 61.0 Å². The first-order valence-corrected chi connectivity index (χ1v) is 36.4. The molecule has 17 unspecified atom stereocenters. The Labute approximate surface area is 548 Å². The molecular weight excluding hydrogens is 1170 g/mol. The Balaban J connectivity index is 1.42. The van der Waals surface area contributed by atoms with Crippen molar-refractivity contribution >= 4 is 5.91 Å². The van der Waals surface area contributed by atoms with Crippen LogP contribution in [0.3, 0.4) is 0 Å². The smallest absolute Gasteiger partial charge is 0.220 e. The van der Waals surface area contributed by atoms with Crippen LogP contribution in [-0.2, 0) is 33.2 Å². The lowest BCUT2D eigenvalue weighted by Gasteiger charge is -2.48. The lowest BCUT2D eigenvalue weighted by molar-refractivity contribution is -0.379. The maximum absolute atomic E-state index is 13.4. The highest BCUT2D eigenvalue weighted by Gasteiger charge is 2.53. The number of nitrogens with one attached hydrogen (secondary N) is 1. The number of ether oxygens (including phenoxy) is 6. The first kappa shape index (κ1) is 83.0. The van der Waals surface area contributed by atoms with Gasteiger partial charge in [0.05, 0.1) is 38.6 Å². The maximum Gasteiger partial charge on any atom is 0.220 e. The van der Waals surface area contributed by atoms with Gasteiger partial charge in [0.2, 0.25) is 5.91 Å². The molecule has 1 amide bonds. The van der Waals surface area contributed by atoms with Crippen LogP contribution in [-0.4, -0.2) is 193 Å². The molecule has 0 bridgehead atoms. The molecule has 3 fully saturated rings. The third-order valence-electron chi connectivity index (χ3n) is 18.1. The molecule has 12 N–H and O–H groups in total. The monoisotopic (exact) mass is 1300 g/mol. The molecule has 3 rings (SSSR count). The zero-order valence-corrected chi connectivity index (χ0v) is 56.3. The number of aliphatic hydroxyl groups is 11. The van der Waals surface area contributed by atoms with Gasteiger partial charge in [-0.3, -0.25) is 4.79 Å². The van der Waals surface area contributed by atoms with Gasteiger partial charge in [-0.2, -0.15) is 0 Å². The zero-order valence-electron chi connectivity index (χ0n) is 56.3. The number of aliphatic hydroxyl groups excluding tert-OH is 11. The van der Waals surface area contributed by atoms with E-state index < -0.39 is 124 Å². The quantitative estimate of drug-likeness (QED) is 0.0199. The summed E-state index contributed by atoms with van der Waals surface area (Å²) in [4.78, 5) is 13.4. The molecule has 0 saturated carbocycles. The second kappa shape index (κ2) is 53.8. The highest BCUT2D eigenvalue weighted by molar-refractivity contribution is 5.76. The molecule has 3 aliphatic heterocycles. The maximum atomic E-state index is 13.4. The summed E-state index contributed by atoms with van der Waals surface area (Å²) in [5.74, 6) is -0.287. The first-order chi connectivity index (χ1) is 44.3. The van der Waals surface area contributed by atoms with Crippen LogP contribution in [0.2, 0.25) is 0 Å². The lowest BCUT2D eigenvalue weighted by Crippen LogP contribution is -2.66. The van der Waals surface area contributed by atoms with Crippen molar-refractivity contribution in [3.8, 4) is 0 Å². The second-order valence-corrected chi connectivity index (χ2v) is 26.0. The van der Waals surface area contributed by atoms with E-state index >= 15 is 0 Å². The van der Waals surface area contributed by atoms with Crippen molar-refractivity contribution in [2.24, 2.45) is 0 Å². The van der Waals surface area contributed by atoms with E-state index in [0.717, 1.165) is 44.9 Å². The third kappa shape index (κ3) is 35.5. The van der Waals surface area contributed by atoms with Gasteiger partial charge >= 0.3 is 0 Å². The van der Waals surface area contributed by atoms with Crippen molar-refractivity contribution in [2.75, 3.05) is 26.4 Å². The van der Waals surface area contributed by atoms with Crippen LogP contribution >= 0.6 is 0 Å². The number of carbonyl (C=O) groups is 1. The Bertz CT molecular complexity index is 1840. The number of amides is 1. The Morgan fingerprint density at radius 1 is 0.385 bits per heavy atom. The molecule has 0 aromatic heterocycles. The number of carbonyl (C=O) groups excluding carboxylic acids is 1. The molecule has 0 aliphatic carbocycles. The van der Waals surface area contributed by atoms with Crippen molar-refractivity contribution in [3.05, 3.63) is 48.6 Å².